The third-order valence-corrected chi connectivity index (χ3v) is 10.4. The van der Waals surface area contributed by atoms with E-state index >= 15 is 0 Å². The van der Waals surface area contributed by atoms with Gasteiger partial charge in [0, 0.05) is 22.7 Å². The summed E-state index contributed by atoms with van der Waals surface area (Å²) in [5, 5.41) is 2.75. The Labute approximate surface area is 224 Å². The Balaban J connectivity index is 1.33. The molecular formula is C38H30. The molecular weight excluding hydrogens is 456 g/mol. The van der Waals surface area contributed by atoms with Crippen molar-refractivity contribution in [3.8, 4) is 22.3 Å². The summed E-state index contributed by atoms with van der Waals surface area (Å²) in [5.74, 6) is 0.946. The molecule has 0 aliphatic heterocycles. The molecule has 0 amide bonds. The number of hydrogen-bond acceptors (Lipinski definition) is 0. The van der Waals surface area contributed by atoms with Gasteiger partial charge in [-0.15, -0.1) is 0 Å². The zero-order chi connectivity index (χ0) is 25.6. The van der Waals surface area contributed by atoms with Crippen molar-refractivity contribution in [1.29, 1.82) is 0 Å². The quantitative estimate of drug-likeness (QED) is 0.204. The van der Waals surface area contributed by atoms with Crippen LogP contribution in [0.1, 0.15) is 61.1 Å². The van der Waals surface area contributed by atoms with Gasteiger partial charge in [0.2, 0.25) is 0 Å². The molecule has 0 N–H and O–H groups in total. The van der Waals surface area contributed by atoms with E-state index in [1.165, 1.54) is 77.6 Å². The maximum absolute atomic E-state index is 2.57. The summed E-state index contributed by atoms with van der Waals surface area (Å²) in [7, 11) is 0. The second-order valence-corrected chi connectivity index (χ2v) is 12.9. The highest BCUT2D eigenvalue weighted by Gasteiger charge is 2.46. The van der Waals surface area contributed by atoms with Crippen LogP contribution in [0.3, 0.4) is 0 Å². The third kappa shape index (κ3) is 2.30. The van der Waals surface area contributed by atoms with Crippen LogP contribution >= 0.6 is 0 Å². The highest BCUT2D eigenvalue weighted by Crippen LogP contribution is 2.59. The second-order valence-electron chi connectivity index (χ2n) is 12.9. The Morgan fingerprint density at radius 3 is 1.45 bits per heavy atom. The van der Waals surface area contributed by atoms with Gasteiger partial charge in [0.05, 0.1) is 0 Å². The lowest BCUT2D eigenvalue weighted by atomic mass is 9.59. The number of rotatable bonds is 0. The lowest BCUT2D eigenvalue weighted by molar-refractivity contribution is 0.521. The van der Waals surface area contributed by atoms with E-state index in [9.17, 15) is 0 Å². The molecule has 5 aliphatic rings. The Morgan fingerprint density at radius 1 is 0.526 bits per heavy atom. The molecule has 0 heteroatoms. The Kier molecular flexibility index (Phi) is 3.64. The molecule has 0 aromatic heterocycles. The zero-order valence-electron chi connectivity index (χ0n) is 22.4. The van der Waals surface area contributed by atoms with Crippen LogP contribution in [0.5, 0.6) is 0 Å². The largest absolute Gasteiger partial charge is 0.0767 e. The Morgan fingerprint density at radius 2 is 0.974 bits per heavy atom. The van der Waals surface area contributed by atoms with Crippen LogP contribution in [-0.2, 0) is 10.8 Å². The lowest BCUT2D eigenvalue weighted by Crippen LogP contribution is -2.37. The highest BCUT2D eigenvalue weighted by molar-refractivity contribution is 6.15. The topological polar surface area (TPSA) is 0 Å². The number of allylic oxidation sites excluding steroid dienone is 8. The minimum atomic E-state index is -0.0855. The van der Waals surface area contributed by atoms with Crippen molar-refractivity contribution < 1.29 is 0 Å². The average molecular weight is 487 g/mol. The summed E-state index contributed by atoms with van der Waals surface area (Å²) in [5.41, 5.74) is 17.2. The SMILES string of the molecule is CC1(C)c2cc3c(cc2C(C)(C)c2cc4c(cc21)-c1cccc2cccc-4c12)C1=CC=CC2C=CC=C3C12. The summed E-state index contributed by atoms with van der Waals surface area (Å²) in [6.45, 7) is 9.79. The molecule has 0 fully saturated rings. The van der Waals surface area contributed by atoms with Crippen LogP contribution in [0.15, 0.2) is 97.1 Å². The minimum absolute atomic E-state index is 0.0855. The summed E-state index contributed by atoms with van der Waals surface area (Å²) in [6, 6.07) is 23.8. The fourth-order valence-electron chi connectivity index (χ4n) is 8.44. The van der Waals surface area contributed by atoms with Crippen molar-refractivity contribution >= 4 is 21.9 Å². The lowest BCUT2D eigenvalue weighted by Gasteiger charge is -2.44. The molecule has 38 heavy (non-hydrogen) atoms. The normalized spacial score (nSPS) is 20.4. The summed E-state index contributed by atoms with van der Waals surface area (Å²) >= 11 is 0. The van der Waals surface area contributed by atoms with Gasteiger partial charge in [-0.05, 0) is 102 Å². The first kappa shape index (κ1) is 21.1. The van der Waals surface area contributed by atoms with Gasteiger partial charge < -0.3 is 0 Å². The maximum Gasteiger partial charge on any atom is 0.0199 e. The fraction of sp³-hybridized carbons (Fsp3) is 0.211. The molecule has 0 radical (unpaired) electrons. The van der Waals surface area contributed by atoms with Crippen molar-refractivity contribution in [2.75, 3.05) is 0 Å². The van der Waals surface area contributed by atoms with Crippen molar-refractivity contribution in [2.24, 2.45) is 11.8 Å². The predicted molar refractivity (Wildman–Crippen MR) is 160 cm³/mol. The van der Waals surface area contributed by atoms with E-state index in [-0.39, 0.29) is 10.8 Å². The van der Waals surface area contributed by atoms with Crippen LogP contribution in [0.25, 0.3) is 44.2 Å². The van der Waals surface area contributed by atoms with Gasteiger partial charge in [0.25, 0.3) is 0 Å². The van der Waals surface area contributed by atoms with Gasteiger partial charge >= 0.3 is 0 Å². The Bertz CT molecular complexity index is 1780. The van der Waals surface area contributed by atoms with Crippen LogP contribution in [0.4, 0.5) is 0 Å². The van der Waals surface area contributed by atoms with Gasteiger partial charge in [-0.1, -0.05) is 101 Å². The maximum atomic E-state index is 2.57. The molecule has 182 valence electrons. The number of fused-ring (bicyclic) bond motifs is 8. The second kappa shape index (κ2) is 6.56. The first-order valence-corrected chi connectivity index (χ1v) is 14.0. The minimum Gasteiger partial charge on any atom is -0.0767 e. The van der Waals surface area contributed by atoms with Gasteiger partial charge in [0.15, 0.2) is 0 Å². The van der Waals surface area contributed by atoms with E-state index in [4.69, 9.17) is 0 Å². The van der Waals surface area contributed by atoms with E-state index < -0.39 is 0 Å². The summed E-state index contributed by atoms with van der Waals surface area (Å²) in [6.07, 6.45) is 14.0. The zero-order valence-corrected chi connectivity index (χ0v) is 22.4. The highest BCUT2D eigenvalue weighted by atomic mass is 14.5. The van der Waals surface area contributed by atoms with Crippen LogP contribution in [-0.4, -0.2) is 0 Å². The first-order chi connectivity index (χ1) is 18.4. The molecule has 0 spiro atoms. The summed E-state index contributed by atoms with van der Waals surface area (Å²) < 4.78 is 0. The van der Waals surface area contributed by atoms with E-state index in [1.54, 1.807) is 0 Å². The van der Waals surface area contributed by atoms with Gasteiger partial charge in [-0.2, -0.15) is 0 Å². The van der Waals surface area contributed by atoms with Crippen LogP contribution < -0.4 is 0 Å². The van der Waals surface area contributed by atoms with Crippen molar-refractivity contribution in [2.45, 2.75) is 38.5 Å². The van der Waals surface area contributed by atoms with Crippen LogP contribution in [0, 0.1) is 11.8 Å². The van der Waals surface area contributed by atoms with E-state index in [0.29, 0.717) is 11.8 Å². The fourth-order valence-corrected chi connectivity index (χ4v) is 8.44. The molecule has 0 unspecified atom stereocenters. The average Bonchev–Trinajstić information content (AvgIpc) is 3.42. The van der Waals surface area contributed by atoms with Crippen molar-refractivity contribution in [3.05, 3.63) is 131 Å². The van der Waals surface area contributed by atoms with Crippen LogP contribution in [0.2, 0.25) is 0 Å². The molecule has 4 aromatic rings. The Hall–Kier alpha value is -3.90. The molecule has 0 heterocycles. The van der Waals surface area contributed by atoms with Gasteiger partial charge in [0.1, 0.15) is 0 Å². The van der Waals surface area contributed by atoms with Crippen molar-refractivity contribution in [1.82, 2.24) is 0 Å². The molecule has 4 aromatic carbocycles. The van der Waals surface area contributed by atoms with Gasteiger partial charge in [-0.25, -0.2) is 0 Å². The van der Waals surface area contributed by atoms with Gasteiger partial charge in [-0.3, -0.25) is 0 Å². The number of hydrogen-bond donors (Lipinski definition) is 0. The molecule has 0 saturated heterocycles. The first-order valence-electron chi connectivity index (χ1n) is 14.0. The molecule has 0 nitrogen and oxygen atoms in total. The summed E-state index contributed by atoms with van der Waals surface area (Å²) in [4.78, 5) is 0. The molecule has 0 atom stereocenters. The third-order valence-electron chi connectivity index (χ3n) is 10.4. The molecule has 9 rings (SSSR count). The van der Waals surface area contributed by atoms with E-state index in [2.05, 4.69) is 125 Å². The predicted octanol–water partition coefficient (Wildman–Crippen LogP) is 9.60. The van der Waals surface area contributed by atoms with Crippen molar-refractivity contribution in [3.63, 3.8) is 0 Å². The molecule has 0 saturated carbocycles. The molecule has 5 aliphatic carbocycles. The van der Waals surface area contributed by atoms with E-state index in [0.717, 1.165) is 0 Å². The standard InChI is InChI=1S/C38H30/c1-37(2)31-17-27-23-13-5-9-21-11-7-15-25(35(21)23)29(27)19-33(31)38(3,4)34-20-30-26-16-8-12-22-10-6-14-24(36(22)26)28(30)18-32(34)37/h5-21,35H,1-4H3. The number of benzene rings is 4. The monoisotopic (exact) mass is 486 g/mol. The smallest absolute Gasteiger partial charge is 0.0199 e. The molecule has 0 bridgehead atoms. The van der Waals surface area contributed by atoms with E-state index in [1.807, 2.05) is 0 Å².